The number of phenols is 1. The van der Waals surface area contributed by atoms with Gasteiger partial charge in [0, 0.05) is 22.8 Å². The highest BCUT2D eigenvalue weighted by Gasteiger charge is 2.66. The highest BCUT2D eigenvalue weighted by atomic mass is 16.5. The van der Waals surface area contributed by atoms with Gasteiger partial charge in [-0.15, -0.1) is 0 Å². The van der Waals surface area contributed by atoms with Gasteiger partial charge in [-0.2, -0.15) is 4.90 Å². The molecule has 0 aromatic heterocycles. The monoisotopic (exact) mass is 637 g/mol. The van der Waals surface area contributed by atoms with Gasteiger partial charge < -0.3 is 9.84 Å². The molecule has 8 rings (SSSR count). The molecule has 0 radical (unpaired) electrons. The summed E-state index contributed by atoms with van der Waals surface area (Å²) in [6, 6.07) is 29.2. The lowest BCUT2D eigenvalue weighted by Crippen LogP contribution is -2.58. The normalized spacial score (nSPS) is 27.9. The number of Topliss-reactive ketones (excluding diaryl/α,β-unsaturated/α-hetero) is 1. The van der Waals surface area contributed by atoms with E-state index < -0.39 is 52.9 Å². The SMILES string of the molecule is COC(=O)N1C(=O)C2CC=C3C(CC4C(=O)C(c5ccccc5)=CC(=O)C4(c4ccccc4)C3c3ccc(O)c4ccccc34)C2C1=O. The van der Waals surface area contributed by atoms with Crippen LogP contribution in [0.4, 0.5) is 4.79 Å². The molecular weight excluding hydrogens is 606 g/mol. The number of phenolic OH excluding ortho intramolecular Hbond substituents is 1. The third-order valence-corrected chi connectivity index (χ3v) is 11.0. The Labute approximate surface area is 276 Å². The van der Waals surface area contributed by atoms with Gasteiger partial charge in [0.2, 0.25) is 11.8 Å². The average molecular weight is 638 g/mol. The number of benzene rings is 4. The largest absolute Gasteiger partial charge is 0.507 e. The van der Waals surface area contributed by atoms with E-state index in [4.69, 9.17) is 4.74 Å². The van der Waals surface area contributed by atoms with Crippen molar-refractivity contribution in [2.24, 2.45) is 23.7 Å². The van der Waals surface area contributed by atoms with Gasteiger partial charge in [-0.1, -0.05) is 103 Å². The van der Waals surface area contributed by atoms with Gasteiger partial charge in [0.1, 0.15) is 5.75 Å². The molecule has 1 saturated carbocycles. The van der Waals surface area contributed by atoms with Crippen LogP contribution in [0.3, 0.4) is 0 Å². The predicted octanol–water partition coefficient (Wildman–Crippen LogP) is 6.14. The second-order valence-electron chi connectivity index (χ2n) is 13.0. The fraction of sp³-hybridized carbons (Fsp3) is 0.225. The van der Waals surface area contributed by atoms with Gasteiger partial charge in [-0.3, -0.25) is 19.2 Å². The minimum Gasteiger partial charge on any atom is -0.507 e. The van der Waals surface area contributed by atoms with Crippen molar-refractivity contribution in [1.82, 2.24) is 4.90 Å². The molecule has 6 unspecified atom stereocenters. The second kappa shape index (κ2) is 11.0. The Balaban J connectivity index is 1.44. The first kappa shape index (κ1) is 29.8. The molecule has 3 aliphatic carbocycles. The second-order valence-corrected chi connectivity index (χ2v) is 13.0. The number of imide groups is 3. The molecule has 6 atom stereocenters. The van der Waals surface area contributed by atoms with Crippen LogP contribution in [-0.2, 0) is 29.3 Å². The van der Waals surface area contributed by atoms with Gasteiger partial charge in [-0.25, -0.2) is 4.79 Å². The van der Waals surface area contributed by atoms with E-state index in [1.54, 1.807) is 30.3 Å². The standard InChI is InChI=1S/C40H31NO7/c1-48-39(47)41-37(45)28-17-16-27-30(34(28)38(41)46)20-31-36(44)29(22-10-4-2-5-11-22)21-33(43)40(31,23-12-6-3-7-13-23)35(27)26-18-19-32(42)25-15-9-8-14-24(25)26/h2-16,18-19,21,28,30-31,34-35,42H,17,20H2,1H3. The Morgan fingerprint density at radius 3 is 2.19 bits per heavy atom. The Morgan fingerprint density at radius 2 is 1.48 bits per heavy atom. The first-order chi connectivity index (χ1) is 23.3. The van der Waals surface area contributed by atoms with E-state index in [1.807, 2.05) is 72.8 Å². The fourth-order valence-electron chi connectivity index (χ4n) is 9.05. The number of methoxy groups -OCH3 is 1. The zero-order valence-corrected chi connectivity index (χ0v) is 26.0. The first-order valence-corrected chi connectivity index (χ1v) is 16.1. The van der Waals surface area contributed by atoms with Crippen molar-refractivity contribution in [2.75, 3.05) is 7.11 Å². The number of likely N-dealkylation sites (tertiary alicyclic amines) is 1. The molecule has 0 spiro atoms. The minimum absolute atomic E-state index is 0.0762. The lowest BCUT2D eigenvalue weighted by atomic mass is 9.44. The molecule has 4 aromatic carbocycles. The number of rotatable bonds is 3. The van der Waals surface area contributed by atoms with Crippen LogP contribution < -0.4 is 0 Å². The summed E-state index contributed by atoms with van der Waals surface area (Å²) in [6.45, 7) is 0. The maximum Gasteiger partial charge on any atom is 0.423 e. The van der Waals surface area contributed by atoms with E-state index in [0.717, 1.165) is 18.2 Å². The van der Waals surface area contributed by atoms with Crippen molar-refractivity contribution >= 4 is 45.8 Å². The molecule has 1 saturated heterocycles. The lowest BCUT2D eigenvalue weighted by Gasteiger charge is -2.55. The Hall–Kier alpha value is -5.63. The summed E-state index contributed by atoms with van der Waals surface area (Å²) in [5.41, 5.74) is 1.69. The molecule has 2 fully saturated rings. The number of carbonyl (C=O) groups is 5. The van der Waals surface area contributed by atoms with Crippen LogP contribution in [0.25, 0.3) is 16.3 Å². The average Bonchev–Trinajstić information content (AvgIpc) is 3.38. The fourth-order valence-corrected chi connectivity index (χ4v) is 9.05. The van der Waals surface area contributed by atoms with Crippen molar-refractivity contribution in [3.63, 3.8) is 0 Å². The maximum atomic E-state index is 15.2. The molecule has 48 heavy (non-hydrogen) atoms. The van der Waals surface area contributed by atoms with Gasteiger partial charge in [-0.05, 0) is 53.0 Å². The Bertz CT molecular complexity index is 2120. The summed E-state index contributed by atoms with van der Waals surface area (Å²) < 4.78 is 4.82. The molecule has 4 aromatic rings. The molecule has 0 bridgehead atoms. The number of hydrogen-bond acceptors (Lipinski definition) is 7. The zero-order valence-electron chi connectivity index (χ0n) is 26.0. The summed E-state index contributed by atoms with van der Waals surface area (Å²) in [7, 11) is 1.12. The molecule has 1 heterocycles. The number of hydrogen-bond donors (Lipinski definition) is 1. The number of amides is 3. The first-order valence-electron chi connectivity index (χ1n) is 16.1. The van der Waals surface area contributed by atoms with E-state index in [1.165, 1.54) is 6.08 Å². The van der Waals surface area contributed by atoms with Crippen LogP contribution in [0, 0.1) is 23.7 Å². The number of carbonyl (C=O) groups excluding carboxylic acids is 5. The Kier molecular flexibility index (Phi) is 6.80. The number of fused-ring (bicyclic) bond motifs is 5. The van der Waals surface area contributed by atoms with Crippen LogP contribution in [-0.4, -0.2) is 46.6 Å². The minimum atomic E-state index is -1.40. The van der Waals surface area contributed by atoms with Crippen LogP contribution in [0.15, 0.2) is 115 Å². The van der Waals surface area contributed by atoms with Crippen LogP contribution >= 0.6 is 0 Å². The van der Waals surface area contributed by atoms with E-state index in [9.17, 15) is 24.3 Å². The van der Waals surface area contributed by atoms with E-state index in [0.29, 0.717) is 32.4 Å². The molecule has 8 nitrogen and oxygen atoms in total. The van der Waals surface area contributed by atoms with Crippen molar-refractivity contribution in [3.8, 4) is 5.75 Å². The smallest absolute Gasteiger partial charge is 0.423 e. The molecular formula is C40H31NO7. The van der Waals surface area contributed by atoms with Crippen LogP contribution in [0.2, 0.25) is 0 Å². The summed E-state index contributed by atoms with van der Waals surface area (Å²) in [5.74, 6) is -5.64. The third-order valence-electron chi connectivity index (χ3n) is 11.0. The molecule has 1 N–H and O–H groups in total. The summed E-state index contributed by atoms with van der Waals surface area (Å²) in [5, 5.41) is 12.2. The number of allylic oxidation sites excluding steroid dienone is 4. The predicted molar refractivity (Wildman–Crippen MR) is 176 cm³/mol. The van der Waals surface area contributed by atoms with Crippen molar-refractivity contribution in [2.45, 2.75) is 24.2 Å². The lowest BCUT2D eigenvalue weighted by molar-refractivity contribution is -0.138. The number of ketones is 2. The number of ether oxygens (including phenoxy) is 1. The van der Waals surface area contributed by atoms with Crippen LogP contribution in [0.5, 0.6) is 5.75 Å². The van der Waals surface area contributed by atoms with Crippen molar-refractivity contribution < 1.29 is 33.8 Å². The van der Waals surface area contributed by atoms with Gasteiger partial charge in [0.25, 0.3) is 0 Å². The van der Waals surface area contributed by atoms with E-state index >= 15 is 4.79 Å². The summed E-state index contributed by atoms with van der Waals surface area (Å²) in [4.78, 5) is 71.0. The molecule has 4 aliphatic rings. The van der Waals surface area contributed by atoms with Crippen molar-refractivity contribution in [3.05, 3.63) is 131 Å². The highest BCUT2D eigenvalue weighted by Crippen LogP contribution is 2.64. The molecule has 3 amide bonds. The molecule has 1 aliphatic heterocycles. The topological polar surface area (TPSA) is 118 Å². The number of nitrogens with zero attached hydrogens (tertiary/aromatic N) is 1. The highest BCUT2D eigenvalue weighted by molar-refractivity contribution is 6.32. The van der Waals surface area contributed by atoms with Crippen molar-refractivity contribution in [1.29, 1.82) is 0 Å². The molecule has 8 heteroatoms. The van der Waals surface area contributed by atoms with E-state index in [2.05, 4.69) is 0 Å². The zero-order chi connectivity index (χ0) is 33.3. The number of aromatic hydroxyl groups is 1. The summed E-state index contributed by atoms with van der Waals surface area (Å²) in [6.07, 6.45) is 2.70. The molecule has 238 valence electrons. The van der Waals surface area contributed by atoms with Gasteiger partial charge in [0.05, 0.1) is 24.4 Å². The van der Waals surface area contributed by atoms with E-state index in [-0.39, 0.29) is 30.2 Å². The Morgan fingerprint density at radius 1 is 0.812 bits per heavy atom. The van der Waals surface area contributed by atoms with Gasteiger partial charge in [0.15, 0.2) is 11.6 Å². The van der Waals surface area contributed by atoms with Crippen LogP contribution in [0.1, 0.15) is 35.4 Å². The van der Waals surface area contributed by atoms with Gasteiger partial charge >= 0.3 is 6.09 Å². The quantitative estimate of drug-likeness (QED) is 0.212. The third kappa shape index (κ3) is 3.98. The summed E-state index contributed by atoms with van der Waals surface area (Å²) >= 11 is 0. The maximum absolute atomic E-state index is 15.2.